The first-order valence-electron chi connectivity index (χ1n) is 8.06. The molecule has 2 fully saturated rings. The van der Waals surface area contributed by atoms with Crippen molar-refractivity contribution in [2.75, 3.05) is 57.5 Å². The van der Waals surface area contributed by atoms with Crippen LogP contribution in [0.5, 0.6) is 0 Å². The van der Waals surface area contributed by atoms with E-state index < -0.39 is 0 Å². The first-order chi connectivity index (χ1) is 11.1. The second kappa shape index (κ2) is 7.14. The minimum absolute atomic E-state index is 0.330. The van der Waals surface area contributed by atoms with E-state index in [2.05, 4.69) is 4.90 Å². The molecule has 0 bridgehead atoms. The maximum absolute atomic E-state index is 12.3. The van der Waals surface area contributed by atoms with Crippen molar-refractivity contribution in [3.05, 3.63) is 23.5 Å². The predicted molar refractivity (Wildman–Crippen MR) is 83.5 cm³/mol. The van der Waals surface area contributed by atoms with E-state index in [-0.39, 0.29) is 6.09 Å². The summed E-state index contributed by atoms with van der Waals surface area (Å²) < 4.78 is 12.3. The Morgan fingerprint density at radius 2 is 1.52 bits per heavy atom. The van der Waals surface area contributed by atoms with Gasteiger partial charge in [0.15, 0.2) is 0 Å². The lowest BCUT2D eigenvalue weighted by atomic mass is 10.2. The van der Waals surface area contributed by atoms with E-state index in [1.165, 1.54) is 0 Å². The molecule has 1 aromatic rings. The van der Waals surface area contributed by atoms with Gasteiger partial charge in [0.25, 0.3) is 0 Å². The third-order valence-electron chi connectivity index (χ3n) is 4.17. The van der Waals surface area contributed by atoms with E-state index in [1.807, 2.05) is 26.0 Å². The van der Waals surface area contributed by atoms with E-state index in [0.29, 0.717) is 26.3 Å². The van der Waals surface area contributed by atoms with Crippen molar-refractivity contribution >= 4 is 11.8 Å². The van der Waals surface area contributed by atoms with E-state index in [1.54, 1.807) is 9.63 Å². The summed E-state index contributed by atoms with van der Waals surface area (Å²) in [6.07, 6.45) is -0.330. The van der Waals surface area contributed by atoms with Crippen molar-refractivity contribution in [2.24, 2.45) is 0 Å². The average Bonchev–Trinajstić information content (AvgIpc) is 2.59. The van der Waals surface area contributed by atoms with E-state index in [4.69, 9.17) is 14.3 Å². The van der Waals surface area contributed by atoms with Crippen LogP contribution in [0.2, 0.25) is 0 Å². The van der Waals surface area contributed by atoms with Crippen LogP contribution in [0.25, 0.3) is 0 Å². The summed E-state index contributed by atoms with van der Waals surface area (Å²) in [7, 11) is 0. The van der Waals surface area contributed by atoms with Crippen molar-refractivity contribution in [1.29, 1.82) is 0 Å². The fourth-order valence-corrected chi connectivity index (χ4v) is 2.89. The van der Waals surface area contributed by atoms with Crippen LogP contribution in [0.4, 0.5) is 10.5 Å². The molecule has 0 aromatic carbocycles. The zero-order valence-electron chi connectivity index (χ0n) is 13.8. The molecule has 0 spiro atoms. The average molecular weight is 322 g/mol. The summed E-state index contributed by atoms with van der Waals surface area (Å²) in [6.45, 7) is 9.44. The molecule has 0 saturated carbocycles. The normalized spacial score (nSPS) is 18.9. The van der Waals surface area contributed by atoms with E-state index >= 15 is 0 Å². The highest BCUT2D eigenvalue weighted by Crippen LogP contribution is 2.17. The Kier molecular flexibility index (Phi) is 4.97. The van der Waals surface area contributed by atoms with Crippen molar-refractivity contribution in [3.8, 4) is 0 Å². The zero-order valence-corrected chi connectivity index (χ0v) is 13.8. The van der Waals surface area contributed by atoms with Gasteiger partial charge in [-0.1, -0.05) is 0 Å². The Balaban J connectivity index is 1.73. The number of carbonyl (C=O) groups excluding carboxylic acids is 1. The number of anilines is 1. The van der Waals surface area contributed by atoms with Gasteiger partial charge >= 0.3 is 6.09 Å². The van der Waals surface area contributed by atoms with Gasteiger partial charge in [-0.15, -0.1) is 0 Å². The van der Waals surface area contributed by atoms with Gasteiger partial charge in [-0.3, -0.25) is 4.90 Å². The van der Waals surface area contributed by atoms with Gasteiger partial charge < -0.3 is 14.4 Å². The molecule has 0 N–H and O–H groups in total. The second-order valence-electron chi connectivity index (χ2n) is 5.85. The molecule has 1 amide bonds. The van der Waals surface area contributed by atoms with Crippen LogP contribution >= 0.6 is 0 Å². The minimum atomic E-state index is -0.330. The Morgan fingerprint density at radius 3 is 2.09 bits per heavy atom. The van der Waals surface area contributed by atoms with Crippen molar-refractivity contribution < 1.29 is 23.8 Å². The van der Waals surface area contributed by atoms with Crippen LogP contribution in [-0.2, 0) is 9.47 Å². The van der Waals surface area contributed by atoms with Gasteiger partial charge in [-0.2, -0.15) is 4.84 Å². The molecule has 3 heterocycles. The van der Waals surface area contributed by atoms with Crippen molar-refractivity contribution in [1.82, 2.24) is 4.90 Å². The topological polar surface area (TPSA) is 55.1 Å². The largest absolute Gasteiger partial charge is 0.478 e. The number of hydrogen-bond donors (Lipinski definition) is 0. The molecule has 0 radical (unpaired) electrons. The van der Waals surface area contributed by atoms with Crippen LogP contribution in [0.1, 0.15) is 11.4 Å². The number of aryl methyl sites for hydroxylation is 2. The van der Waals surface area contributed by atoms with E-state index in [0.717, 1.165) is 43.4 Å². The van der Waals surface area contributed by atoms with Crippen LogP contribution in [0, 0.1) is 13.8 Å². The summed E-state index contributed by atoms with van der Waals surface area (Å²) in [5, 5.41) is 0. The molecular formula is C16H24N3O4+. The molecule has 0 unspecified atom stereocenters. The maximum Gasteiger partial charge on any atom is 0.478 e. The number of hydrogen-bond acceptors (Lipinski definition) is 5. The lowest BCUT2D eigenvalue weighted by Gasteiger charge is -2.28. The molecule has 3 rings (SSSR count). The van der Waals surface area contributed by atoms with Gasteiger partial charge in [0.05, 0.1) is 26.4 Å². The monoisotopic (exact) mass is 322 g/mol. The third kappa shape index (κ3) is 3.73. The summed E-state index contributed by atoms with van der Waals surface area (Å²) in [6, 6.07) is 4.09. The second-order valence-corrected chi connectivity index (χ2v) is 5.85. The molecule has 23 heavy (non-hydrogen) atoms. The molecular weight excluding hydrogens is 298 g/mol. The molecule has 7 nitrogen and oxygen atoms in total. The molecule has 0 atom stereocenters. The molecule has 2 aliphatic rings. The lowest BCUT2D eigenvalue weighted by Crippen LogP contribution is -2.56. The molecule has 126 valence electrons. The summed E-state index contributed by atoms with van der Waals surface area (Å²) >= 11 is 0. The smallest absolute Gasteiger partial charge is 0.378 e. The van der Waals surface area contributed by atoms with Crippen LogP contribution in [-0.4, -0.2) is 63.6 Å². The number of rotatable bonds is 2. The van der Waals surface area contributed by atoms with Crippen LogP contribution in [0.3, 0.4) is 0 Å². The number of ether oxygens (including phenoxy) is 2. The standard InChI is InChI=1S/C16H24N3O4/c1-13-11-15(17-3-7-21-8-4-17)12-14(2)19(13)23-16(20)18-5-9-22-10-6-18/h11-12H,3-10H2,1-2H3/q+1. The highest BCUT2D eigenvalue weighted by atomic mass is 16.7. The molecule has 0 aliphatic carbocycles. The van der Waals surface area contributed by atoms with Gasteiger partial charge in [0.2, 0.25) is 11.4 Å². The Hall–Kier alpha value is -1.86. The predicted octanol–water partition coefficient (Wildman–Crippen LogP) is 0.308. The number of pyridine rings is 1. The SMILES string of the molecule is Cc1cc(N2CCOCC2)cc(C)[n+]1OC(=O)N1CCOCC1. The zero-order chi connectivity index (χ0) is 16.2. The third-order valence-corrected chi connectivity index (χ3v) is 4.17. The van der Waals surface area contributed by atoms with Gasteiger partial charge in [0, 0.05) is 62.6 Å². The molecule has 2 saturated heterocycles. The summed E-state index contributed by atoms with van der Waals surface area (Å²) in [4.78, 5) is 21.8. The number of morpholine rings is 2. The molecule has 1 aromatic heterocycles. The van der Waals surface area contributed by atoms with Gasteiger partial charge in [-0.25, -0.2) is 4.79 Å². The highest BCUT2D eigenvalue weighted by molar-refractivity contribution is 5.67. The number of carbonyl (C=O) groups is 1. The van der Waals surface area contributed by atoms with Gasteiger partial charge in [0.1, 0.15) is 0 Å². The first-order valence-corrected chi connectivity index (χ1v) is 8.06. The quantitative estimate of drug-likeness (QED) is 0.734. The molecule has 7 heteroatoms. The molecule has 2 aliphatic heterocycles. The van der Waals surface area contributed by atoms with E-state index in [9.17, 15) is 4.79 Å². The Morgan fingerprint density at radius 1 is 1.00 bits per heavy atom. The first kappa shape index (κ1) is 16.0. The summed E-state index contributed by atoms with van der Waals surface area (Å²) in [5.74, 6) is 0. The maximum atomic E-state index is 12.3. The number of amides is 1. The van der Waals surface area contributed by atoms with Crippen LogP contribution in [0.15, 0.2) is 12.1 Å². The van der Waals surface area contributed by atoms with Gasteiger partial charge in [-0.05, 0) is 0 Å². The summed E-state index contributed by atoms with van der Waals surface area (Å²) in [5.41, 5.74) is 2.93. The Labute approximate surface area is 136 Å². The number of nitrogens with zero attached hydrogens (tertiary/aromatic N) is 3. The fraction of sp³-hybridized carbons (Fsp3) is 0.625. The van der Waals surface area contributed by atoms with Crippen molar-refractivity contribution in [2.45, 2.75) is 13.8 Å². The van der Waals surface area contributed by atoms with Crippen molar-refractivity contribution in [3.63, 3.8) is 0 Å². The minimum Gasteiger partial charge on any atom is -0.378 e. The van der Waals surface area contributed by atoms with Crippen LogP contribution < -0.4 is 14.5 Å². The highest BCUT2D eigenvalue weighted by Gasteiger charge is 2.26. The number of aromatic nitrogens is 1. The lowest BCUT2D eigenvalue weighted by molar-refractivity contribution is -0.877. The Bertz CT molecular complexity index is 543. The fourth-order valence-electron chi connectivity index (χ4n) is 2.89.